The Morgan fingerprint density at radius 2 is 2.17 bits per heavy atom. The third-order valence-corrected chi connectivity index (χ3v) is 1.90. The second-order valence-electron chi connectivity index (χ2n) is 2.36. The molecular weight excluding hydrogens is 222 g/mol. The van der Waals surface area contributed by atoms with Gasteiger partial charge in [-0.15, -0.1) is 0 Å². The van der Waals surface area contributed by atoms with Gasteiger partial charge in [0.25, 0.3) is 0 Å². The molecule has 0 aliphatic rings. The maximum Gasteiger partial charge on any atom is 0.335 e. The highest BCUT2D eigenvalue weighted by atomic mass is 79.9. The van der Waals surface area contributed by atoms with Gasteiger partial charge in [-0.05, 0) is 23.8 Å². The van der Waals surface area contributed by atoms with Gasteiger partial charge < -0.3 is 10.8 Å². The molecule has 1 aromatic carbocycles. The summed E-state index contributed by atoms with van der Waals surface area (Å²) >= 11 is 3.20. The van der Waals surface area contributed by atoms with E-state index in [9.17, 15) is 4.79 Å². The minimum absolute atomic E-state index is 0.254. The van der Waals surface area contributed by atoms with Crippen LogP contribution in [0.3, 0.4) is 0 Å². The van der Waals surface area contributed by atoms with E-state index in [0.29, 0.717) is 6.54 Å². The highest BCUT2D eigenvalue weighted by Crippen LogP contribution is 2.15. The molecule has 0 aliphatic heterocycles. The number of carbonyl (C=O) groups is 1. The topological polar surface area (TPSA) is 63.3 Å². The molecule has 0 amide bonds. The van der Waals surface area contributed by atoms with E-state index in [1.165, 1.54) is 0 Å². The van der Waals surface area contributed by atoms with Gasteiger partial charge in [0.15, 0.2) is 0 Å². The zero-order chi connectivity index (χ0) is 9.14. The van der Waals surface area contributed by atoms with E-state index in [0.717, 1.165) is 10.0 Å². The minimum Gasteiger partial charge on any atom is -0.478 e. The number of aromatic carboxylic acids is 1. The molecule has 0 bridgehead atoms. The molecule has 0 fully saturated rings. The summed E-state index contributed by atoms with van der Waals surface area (Å²) in [5.74, 6) is -0.939. The zero-order valence-electron chi connectivity index (χ0n) is 6.25. The van der Waals surface area contributed by atoms with E-state index >= 15 is 0 Å². The van der Waals surface area contributed by atoms with Crippen LogP contribution in [0.2, 0.25) is 0 Å². The Morgan fingerprint density at radius 1 is 1.50 bits per heavy atom. The lowest BCUT2D eigenvalue weighted by Crippen LogP contribution is -2.01. The van der Waals surface area contributed by atoms with Gasteiger partial charge in [0, 0.05) is 11.0 Å². The summed E-state index contributed by atoms with van der Waals surface area (Å²) in [4.78, 5) is 10.6. The smallest absolute Gasteiger partial charge is 0.335 e. The largest absolute Gasteiger partial charge is 0.478 e. The Labute approximate surface area is 78.3 Å². The van der Waals surface area contributed by atoms with Gasteiger partial charge in [-0.2, -0.15) is 0 Å². The van der Waals surface area contributed by atoms with Crippen LogP contribution in [0.5, 0.6) is 0 Å². The number of hydrogen-bond donors (Lipinski definition) is 2. The maximum absolute atomic E-state index is 10.6. The average Bonchev–Trinajstić information content (AvgIpc) is 2.03. The molecule has 0 aliphatic carbocycles. The van der Waals surface area contributed by atoms with E-state index < -0.39 is 5.97 Å². The van der Waals surface area contributed by atoms with E-state index in [4.69, 9.17) is 10.8 Å². The van der Waals surface area contributed by atoms with Crippen molar-refractivity contribution in [3.63, 3.8) is 0 Å². The lowest BCUT2D eigenvalue weighted by atomic mass is 10.1. The minimum atomic E-state index is -0.939. The molecule has 1 rings (SSSR count). The monoisotopic (exact) mass is 229 g/mol. The number of halogens is 1. The van der Waals surface area contributed by atoms with Gasteiger partial charge in [0.1, 0.15) is 0 Å². The number of carboxylic acid groups (broad SMARTS) is 1. The summed E-state index contributed by atoms with van der Waals surface area (Å²) in [6.07, 6.45) is 0. The standard InChI is InChI=1S/C8H8BrNO2/c9-7-2-5(4-10)1-6(3-7)8(11)12/h1-3H,4,10H2,(H,11,12). The lowest BCUT2D eigenvalue weighted by Gasteiger charge is -2.00. The summed E-state index contributed by atoms with van der Waals surface area (Å²) in [6, 6.07) is 4.90. The molecule has 0 unspecified atom stereocenters. The summed E-state index contributed by atoms with van der Waals surface area (Å²) in [5.41, 5.74) is 6.44. The van der Waals surface area contributed by atoms with Crippen LogP contribution >= 0.6 is 15.9 Å². The Morgan fingerprint density at radius 3 is 2.67 bits per heavy atom. The van der Waals surface area contributed by atoms with Crippen molar-refractivity contribution in [2.24, 2.45) is 5.73 Å². The van der Waals surface area contributed by atoms with Crippen LogP contribution in [-0.4, -0.2) is 11.1 Å². The van der Waals surface area contributed by atoms with Crippen molar-refractivity contribution in [1.82, 2.24) is 0 Å². The van der Waals surface area contributed by atoms with Crippen LogP contribution in [0.15, 0.2) is 22.7 Å². The molecule has 0 heterocycles. The van der Waals surface area contributed by atoms with Crippen molar-refractivity contribution in [2.45, 2.75) is 6.54 Å². The lowest BCUT2D eigenvalue weighted by molar-refractivity contribution is 0.0696. The predicted octanol–water partition coefficient (Wildman–Crippen LogP) is 1.61. The Balaban J connectivity index is 3.15. The first-order valence-corrected chi connectivity index (χ1v) is 4.15. The molecule has 0 saturated carbocycles. The Bertz CT molecular complexity index is 312. The van der Waals surface area contributed by atoms with Gasteiger partial charge in [-0.1, -0.05) is 15.9 Å². The van der Waals surface area contributed by atoms with E-state index in [1.54, 1.807) is 18.2 Å². The molecule has 0 saturated heterocycles. The average molecular weight is 230 g/mol. The molecule has 1 aromatic rings. The predicted molar refractivity (Wildman–Crippen MR) is 49.0 cm³/mol. The number of benzene rings is 1. The fourth-order valence-corrected chi connectivity index (χ4v) is 1.43. The molecule has 0 aromatic heterocycles. The molecule has 3 nitrogen and oxygen atoms in total. The SMILES string of the molecule is NCc1cc(Br)cc(C(=O)O)c1. The van der Waals surface area contributed by atoms with Crippen LogP contribution in [0.25, 0.3) is 0 Å². The van der Waals surface area contributed by atoms with Crippen molar-refractivity contribution in [3.8, 4) is 0 Å². The fraction of sp³-hybridized carbons (Fsp3) is 0.125. The highest BCUT2D eigenvalue weighted by molar-refractivity contribution is 9.10. The third kappa shape index (κ3) is 2.06. The first-order valence-electron chi connectivity index (χ1n) is 3.36. The van der Waals surface area contributed by atoms with Crippen LogP contribution in [0.1, 0.15) is 15.9 Å². The number of nitrogens with two attached hydrogens (primary N) is 1. The Kier molecular flexibility index (Phi) is 2.83. The van der Waals surface area contributed by atoms with Gasteiger partial charge in [-0.25, -0.2) is 4.79 Å². The van der Waals surface area contributed by atoms with Gasteiger partial charge in [0.2, 0.25) is 0 Å². The normalized spacial score (nSPS) is 9.83. The van der Waals surface area contributed by atoms with Crippen LogP contribution in [-0.2, 0) is 6.54 Å². The van der Waals surface area contributed by atoms with E-state index in [-0.39, 0.29) is 5.56 Å². The molecule has 0 spiro atoms. The zero-order valence-corrected chi connectivity index (χ0v) is 7.84. The highest BCUT2D eigenvalue weighted by Gasteiger charge is 2.04. The molecular formula is C8H8BrNO2. The molecule has 3 N–H and O–H groups in total. The summed E-state index contributed by atoms with van der Waals surface area (Å²) in [6.45, 7) is 0.347. The van der Waals surface area contributed by atoms with E-state index in [2.05, 4.69) is 15.9 Å². The second kappa shape index (κ2) is 3.69. The molecule has 0 radical (unpaired) electrons. The van der Waals surface area contributed by atoms with Crippen LogP contribution < -0.4 is 5.73 Å². The third-order valence-electron chi connectivity index (χ3n) is 1.44. The van der Waals surface area contributed by atoms with Crippen molar-refractivity contribution < 1.29 is 9.90 Å². The van der Waals surface area contributed by atoms with Crippen molar-refractivity contribution in [1.29, 1.82) is 0 Å². The van der Waals surface area contributed by atoms with Crippen molar-refractivity contribution in [3.05, 3.63) is 33.8 Å². The Hall–Kier alpha value is -0.870. The van der Waals surface area contributed by atoms with Crippen molar-refractivity contribution in [2.75, 3.05) is 0 Å². The number of hydrogen-bond acceptors (Lipinski definition) is 2. The van der Waals surface area contributed by atoms with Gasteiger partial charge >= 0.3 is 5.97 Å². The first-order chi connectivity index (χ1) is 5.63. The summed E-state index contributed by atoms with van der Waals surface area (Å²) < 4.78 is 0.739. The quantitative estimate of drug-likeness (QED) is 0.811. The fourth-order valence-electron chi connectivity index (χ4n) is 0.892. The van der Waals surface area contributed by atoms with Crippen LogP contribution in [0, 0.1) is 0 Å². The molecule has 64 valence electrons. The maximum atomic E-state index is 10.6. The molecule has 4 heteroatoms. The second-order valence-corrected chi connectivity index (χ2v) is 3.27. The molecule has 12 heavy (non-hydrogen) atoms. The first kappa shape index (κ1) is 9.22. The number of rotatable bonds is 2. The van der Waals surface area contributed by atoms with Crippen LogP contribution in [0.4, 0.5) is 0 Å². The van der Waals surface area contributed by atoms with Gasteiger partial charge in [-0.3, -0.25) is 0 Å². The van der Waals surface area contributed by atoms with Crippen molar-refractivity contribution >= 4 is 21.9 Å². The number of carboxylic acids is 1. The summed E-state index contributed by atoms with van der Waals surface area (Å²) in [7, 11) is 0. The molecule has 0 atom stereocenters. The van der Waals surface area contributed by atoms with Gasteiger partial charge in [0.05, 0.1) is 5.56 Å². The summed E-state index contributed by atoms with van der Waals surface area (Å²) in [5, 5.41) is 8.67. The van der Waals surface area contributed by atoms with E-state index in [1.807, 2.05) is 0 Å².